The van der Waals surface area contributed by atoms with E-state index in [9.17, 15) is 5.11 Å². The Morgan fingerprint density at radius 2 is 1.71 bits per heavy atom. The molecule has 0 aliphatic carbocycles. The lowest BCUT2D eigenvalue weighted by molar-refractivity contribution is 0.0415. The summed E-state index contributed by atoms with van der Waals surface area (Å²) in [6.45, 7) is 10.4. The average Bonchev–Trinajstić information content (AvgIpc) is 1.98. The first kappa shape index (κ1) is 13.9. The molecule has 0 unspecified atom stereocenters. The Bertz CT molecular complexity index is 161. The van der Waals surface area contributed by atoms with Crippen LogP contribution >= 0.6 is 0 Å². The second kappa shape index (κ2) is 5.10. The lowest BCUT2D eigenvalue weighted by Crippen LogP contribution is -2.38. The van der Waals surface area contributed by atoms with E-state index in [1.807, 2.05) is 20.9 Å². The van der Waals surface area contributed by atoms with Crippen molar-refractivity contribution in [3.63, 3.8) is 0 Å². The summed E-state index contributed by atoms with van der Waals surface area (Å²) >= 11 is 0. The zero-order valence-electron chi connectivity index (χ0n) is 10.3. The Morgan fingerprint density at radius 1 is 1.21 bits per heavy atom. The van der Waals surface area contributed by atoms with E-state index >= 15 is 0 Å². The fourth-order valence-corrected chi connectivity index (χ4v) is 1.34. The summed E-state index contributed by atoms with van der Waals surface area (Å²) in [7, 11) is 2.03. The molecule has 0 fully saturated rings. The maximum absolute atomic E-state index is 9.61. The van der Waals surface area contributed by atoms with Crippen LogP contribution in [0.15, 0.2) is 0 Å². The minimum atomic E-state index is -0.610. The van der Waals surface area contributed by atoms with Crippen molar-refractivity contribution in [1.82, 2.24) is 4.90 Å². The third-order valence-corrected chi connectivity index (χ3v) is 2.38. The number of nitrogens with zero attached hydrogens (tertiary/aromatic N) is 1. The van der Waals surface area contributed by atoms with Crippen molar-refractivity contribution in [2.24, 2.45) is 11.1 Å². The monoisotopic (exact) mass is 202 g/mol. The summed E-state index contributed by atoms with van der Waals surface area (Å²) in [4.78, 5) is 2.15. The predicted molar refractivity (Wildman–Crippen MR) is 61.2 cm³/mol. The van der Waals surface area contributed by atoms with Gasteiger partial charge in [-0.25, -0.2) is 0 Å². The predicted octanol–water partition coefficient (Wildman–Crippen LogP) is 1.06. The van der Waals surface area contributed by atoms with Crippen molar-refractivity contribution in [3.8, 4) is 0 Å². The number of likely N-dealkylation sites (N-methyl/N-ethyl adjacent to an activating group) is 1. The van der Waals surface area contributed by atoms with Gasteiger partial charge in [-0.05, 0) is 45.8 Å². The van der Waals surface area contributed by atoms with E-state index in [0.717, 1.165) is 13.0 Å². The standard InChI is InChI=1S/C11H26N2O/c1-10(2,8-12)6-7-13(5)9-11(3,4)14/h14H,6-9,12H2,1-5H3. The maximum atomic E-state index is 9.61. The van der Waals surface area contributed by atoms with E-state index < -0.39 is 5.60 Å². The van der Waals surface area contributed by atoms with Crippen LogP contribution < -0.4 is 5.73 Å². The summed E-state index contributed by atoms with van der Waals surface area (Å²) in [5.41, 5.74) is 5.24. The van der Waals surface area contributed by atoms with Gasteiger partial charge in [-0.15, -0.1) is 0 Å². The molecule has 0 radical (unpaired) electrons. The van der Waals surface area contributed by atoms with Gasteiger partial charge in [0.1, 0.15) is 0 Å². The summed E-state index contributed by atoms with van der Waals surface area (Å²) in [6, 6.07) is 0. The molecule has 0 rings (SSSR count). The van der Waals surface area contributed by atoms with Gasteiger partial charge < -0.3 is 15.7 Å². The van der Waals surface area contributed by atoms with Crippen LogP contribution in [-0.4, -0.2) is 42.3 Å². The van der Waals surface area contributed by atoms with Crippen LogP contribution in [-0.2, 0) is 0 Å². The van der Waals surface area contributed by atoms with E-state index in [2.05, 4.69) is 18.7 Å². The van der Waals surface area contributed by atoms with E-state index in [4.69, 9.17) is 5.73 Å². The van der Waals surface area contributed by atoms with Crippen LogP contribution in [0.2, 0.25) is 0 Å². The molecule has 3 heteroatoms. The van der Waals surface area contributed by atoms with Crippen molar-refractivity contribution in [2.75, 3.05) is 26.7 Å². The zero-order valence-corrected chi connectivity index (χ0v) is 10.3. The number of hydrogen-bond donors (Lipinski definition) is 2. The number of aliphatic hydroxyl groups is 1. The molecule has 0 saturated carbocycles. The lowest BCUT2D eigenvalue weighted by Gasteiger charge is -2.29. The number of rotatable bonds is 6. The zero-order chi connectivity index (χ0) is 11.4. The first-order valence-corrected chi connectivity index (χ1v) is 5.27. The molecule has 0 aromatic heterocycles. The van der Waals surface area contributed by atoms with Crippen LogP contribution in [0.1, 0.15) is 34.1 Å². The van der Waals surface area contributed by atoms with E-state index in [-0.39, 0.29) is 5.41 Å². The Morgan fingerprint density at radius 3 is 2.07 bits per heavy atom. The van der Waals surface area contributed by atoms with Crippen molar-refractivity contribution in [2.45, 2.75) is 39.7 Å². The van der Waals surface area contributed by atoms with Crippen molar-refractivity contribution in [3.05, 3.63) is 0 Å². The van der Waals surface area contributed by atoms with E-state index in [0.29, 0.717) is 13.1 Å². The topological polar surface area (TPSA) is 49.5 Å². The van der Waals surface area contributed by atoms with E-state index in [1.165, 1.54) is 0 Å². The highest BCUT2D eigenvalue weighted by Gasteiger charge is 2.19. The smallest absolute Gasteiger partial charge is 0.0718 e. The normalized spacial score (nSPS) is 13.7. The third kappa shape index (κ3) is 7.30. The molecule has 0 saturated heterocycles. The molecule has 3 N–H and O–H groups in total. The second-order valence-corrected chi connectivity index (χ2v) is 5.67. The second-order valence-electron chi connectivity index (χ2n) is 5.67. The Hall–Kier alpha value is -0.120. The quantitative estimate of drug-likeness (QED) is 0.677. The van der Waals surface area contributed by atoms with Gasteiger partial charge in [-0.2, -0.15) is 0 Å². The van der Waals surface area contributed by atoms with Gasteiger partial charge in [-0.3, -0.25) is 0 Å². The highest BCUT2D eigenvalue weighted by molar-refractivity contribution is 4.74. The molecule has 0 bridgehead atoms. The van der Waals surface area contributed by atoms with Crippen LogP contribution in [0.3, 0.4) is 0 Å². The van der Waals surface area contributed by atoms with Gasteiger partial charge >= 0.3 is 0 Å². The minimum Gasteiger partial charge on any atom is -0.389 e. The molecule has 0 spiro atoms. The fourth-order valence-electron chi connectivity index (χ4n) is 1.34. The molecule has 0 heterocycles. The summed E-state index contributed by atoms with van der Waals surface area (Å²) in [5, 5.41) is 9.61. The van der Waals surface area contributed by atoms with Gasteiger partial charge in [0.15, 0.2) is 0 Å². The van der Waals surface area contributed by atoms with Crippen molar-refractivity contribution >= 4 is 0 Å². The van der Waals surface area contributed by atoms with Crippen LogP contribution in [0, 0.1) is 5.41 Å². The molecule has 14 heavy (non-hydrogen) atoms. The van der Waals surface area contributed by atoms with E-state index in [1.54, 1.807) is 0 Å². The third-order valence-electron chi connectivity index (χ3n) is 2.38. The number of nitrogens with two attached hydrogens (primary N) is 1. The largest absolute Gasteiger partial charge is 0.389 e. The average molecular weight is 202 g/mol. The summed E-state index contributed by atoms with van der Waals surface area (Å²) < 4.78 is 0. The molecular weight excluding hydrogens is 176 g/mol. The summed E-state index contributed by atoms with van der Waals surface area (Å²) in [6.07, 6.45) is 1.07. The van der Waals surface area contributed by atoms with Gasteiger partial charge in [0, 0.05) is 6.54 Å². The maximum Gasteiger partial charge on any atom is 0.0718 e. The van der Waals surface area contributed by atoms with Gasteiger partial charge in [0.2, 0.25) is 0 Å². The Labute approximate surface area is 88.3 Å². The first-order chi connectivity index (χ1) is 6.16. The van der Waals surface area contributed by atoms with Gasteiger partial charge in [0.05, 0.1) is 5.60 Å². The summed E-state index contributed by atoms with van der Waals surface area (Å²) in [5.74, 6) is 0. The fraction of sp³-hybridized carbons (Fsp3) is 1.00. The van der Waals surface area contributed by atoms with Gasteiger partial charge in [-0.1, -0.05) is 13.8 Å². The number of hydrogen-bond acceptors (Lipinski definition) is 3. The molecule has 0 atom stereocenters. The molecule has 0 aromatic carbocycles. The first-order valence-electron chi connectivity index (χ1n) is 5.27. The molecular formula is C11H26N2O. The SMILES string of the molecule is CN(CCC(C)(C)CN)CC(C)(C)O. The molecule has 0 aliphatic heterocycles. The molecule has 0 aromatic rings. The van der Waals surface area contributed by atoms with Crippen LogP contribution in [0.4, 0.5) is 0 Å². The highest BCUT2D eigenvalue weighted by atomic mass is 16.3. The molecule has 3 nitrogen and oxygen atoms in total. The Kier molecular flexibility index (Phi) is 5.06. The van der Waals surface area contributed by atoms with Gasteiger partial charge in [0.25, 0.3) is 0 Å². The van der Waals surface area contributed by atoms with Crippen LogP contribution in [0.25, 0.3) is 0 Å². The molecule has 86 valence electrons. The molecule has 0 amide bonds. The highest BCUT2D eigenvalue weighted by Crippen LogP contribution is 2.18. The minimum absolute atomic E-state index is 0.202. The Balaban J connectivity index is 3.80. The van der Waals surface area contributed by atoms with Crippen LogP contribution in [0.5, 0.6) is 0 Å². The lowest BCUT2D eigenvalue weighted by atomic mass is 9.89. The van der Waals surface area contributed by atoms with Crippen molar-refractivity contribution in [1.29, 1.82) is 0 Å². The van der Waals surface area contributed by atoms with Crippen molar-refractivity contribution < 1.29 is 5.11 Å². The molecule has 0 aliphatic rings.